The third-order valence-electron chi connectivity index (χ3n) is 5.20. The van der Waals surface area contributed by atoms with E-state index in [4.69, 9.17) is 14.0 Å². The normalized spacial score (nSPS) is 11.8. The van der Waals surface area contributed by atoms with Gasteiger partial charge < -0.3 is 23.9 Å². The number of carbonyl (C=O) groups excluding carboxylic acids is 1. The number of alkyl carbamates (subject to hydrolysis) is 1. The van der Waals surface area contributed by atoms with Gasteiger partial charge in [0.1, 0.15) is 11.4 Å². The van der Waals surface area contributed by atoms with Crippen molar-refractivity contribution in [3.8, 4) is 17.1 Å². The minimum absolute atomic E-state index is 0.0832. The molecule has 0 saturated carbocycles. The smallest absolute Gasteiger partial charge is 0.407 e. The second-order valence-electron chi connectivity index (χ2n) is 10.0. The lowest BCUT2D eigenvalue weighted by Crippen LogP contribution is -2.35. The van der Waals surface area contributed by atoms with Crippen molar-refractivity contribution >= 4 is 16.9 Å². The van der Waals surface area contributed by atoms with Crippen molar-refractivity contribution in [3.63, 3.8) is 0 Å². The van der Waals surface area contributed by atoms with E-state index in [-0.39, 0.29) is 18.0 Å². The van der Waals surface area contributed by atoms with Gasteiger partial charge in [-0.15, -0.1) is 0 Å². The fourth-order valence-electron chi connectivity index (χ4n) is 3.70. The van der Waals surface area contributed by atoms with E-state index in [2.05, 4.69) is 22.4 Å². The fraction of sp³-hybridized carbons (Fsp3) is 0.538. The number of aryl methyl sites for hydroxylation is 1. The number of unbranched alkanes of at least 4 members (excludes halogenated alkanes) is 1. The summed E-state index contributed by atoms with van der Waals surface area (Å²) in [6.45, 7) is 14.4. The molecule has 190 valence electrons. The van der Waals surface area contributed by atoms with Gasteiger partial charge in [-0.25, -0.2) is 4.79 Å². The molecule has 9 nitrogen and oxygen atoms in total. The van der Waals surface area contributed by atoms with Crippen LogP contribution in [0.3, 0.4) is 0 Å². The first-order valence-corrected chi connectivity index (χ1v) is 12.1. The molecule has 9 heteroatoms. The molecular formula is C26H36N4O5. The van der Waals surface area contributed by atoms with Gasteiger partial charge >= 0.3 is 6.09 Å². The van der Waals surface area contributed by atoms with Crippen molar-refractivity contribution in [2.75, 3.05) is 6.61 Å². The maximum absolute atomic E-state index is 13.6. The summed E-state index contributed by atoms with van der Waals surface area (Å²) < 4.78 is 18.5. The number of pyridine rings is 1. The first kappa shape index (κ1) is 26.2. The highest BCUT2D eigenvalue weighted by molar-refractivity contribution is 5.91. The molecule has 0 saturated heterocycles. The van der Waals surface area contributed by atoms with Crippen LogP contribution in [0.2, 0.25) is 0 Å². The zero-order chi connectivity index (χ0) is 25.8. The highest BCUT2D eigenvalue weighted by atomic mass is 16.6. The summed E-state index contributed by atoms with van der Waals surface area (Å²) in [6, 6.07) is 5.43. The number of ether oxygens (including phenoxy) is 2. The summed E-state index contributed by atoms with van der Waals surface area (Å²) in [5.41, 5.74) is 0.526. The summed E-state index contributed by atoms with van der Waals surface area (Å²) in [6.07, 6.45) is 1.26. The molecule has 1 N–H and O–H groups in total. The Morgan fingerprint density at radius 3 is 2.57 bits per heavy atom. The molecule has 1 amide bonds. The van der Waals surface area contributed by atoms with Crippen molar-refractivity contribution in [2.45, 2.75) is 80.0 Å². The number of hydrogen-bond donors (Lipinski definition) is 1. The van der Waals surface area contributed by atoms with Gasteiger partial charge in [-0.3, -0.25) is 4.79 Å². The standard InChI is InChI=1S/C26H36N4O5/c1-8-9-12-33-22-20-13-18(23-28-17(4)35-29-23)10-11-19(20)24(31)30(15-16(2)3)21(22)14-27-25(32)34-26(5,6)7/h10-11,13,16H,8-9,12,14-15H2,1-7H3,(H,27,32). The average Bonchev–Trinajstić information content (AvgIpc) is 3.20. The molecule has 2 heterocycles. The molecule has 0 aliphatic rings. The maximum Gasteiger partial charge on any atom is 0.407 e. The number of hydrogen-bond acceptors (Lipinski definition) is 7. The molecular weight excluding hydrogens is 448 g/mol. The molecule has 2 aromatic heterocycles. The van der Waals surface area contributed by atoms with Gasteiger partial charge in [0, 0.05) is 24.4 Å². The lowest BCUT2D eigenvalue weighted by atomic mass is 10.0. The number of fused-ring (bicyclic) bond motifs is 1. The summed E-state index contributed by atoms with van der Waals surface area (Å²) in [5, 5.41) is 7.99. The highest BCUT2D eigenvalue weighted by Crippen LogP contribution is 2.32. The number of carbonyl (C=O) groups is 1. The molecule has 0 bridgehead atoms. The Hall–Kier alpha value is -3.36. The number of nitrogens with one attached hydrogen (secondary N) is 1. The van der Waals surface area contributed by atoms with Gasteiger partial charge in [-0.2, -0.15) is 4.98 Å². The molecule has 0 unspecified atom stereocenters. The Labute approximate surface area is 205 Å². The SMILES string of the molecule is CCCCOc1c(CNC(=O)OC(C)(C)C)n(CC(C)C)c(=O)c2ccc(-c3noc(C)n3)cc12. The molecule has 3 aromatic rings. The lowest BCUT2D eigenvalue weighted by molar-refractivity contribution is 0.0521. The van der Waals surface area contributed by atoms with Crippen LogP contribution in [0, 0.1) is 12.8 Å². The number of rotatable bonds is 9. The first-order chi connectivity index (χ1) is 16.5. The number of nitrogens with zero attached hydrogens (tertiary/aromatic N) is 3. The van der Waals surface area contributed by atoms with Crippen LogP contribution in [0.4, 0.5) is 4.79 Å². The van der Waals surface area contributed by atoms with Gasteiger partial charge in [0.15, 0.2) is 0 Å². The average molecular weight is 485 g/mol. The molecule has 35 heavy (non-hydrogen) atoms. The van der Waals surface area contributed by atoms with Crippen LogP contribution in [0.25, 0.3) is 22.2 Å². The Kier molecular flexibility index (Phi) is 8.19. The Balaban J connectivity index is 2.18. The van der Waals surface area contributed by atoms with E-state index < -0.39 is 11.7 Å². The fourth-order valence-corrected chi connectivity index (χ4v) is 3.70. The van der Waals surface area contributed by atoms with Crippen LogP contribution in [-0.4, -0.2) is 33.0 Å². The summed E-state index contributed by atoms with van der Waals surface area (Å²) in [7, 11) is 0. The van der Waals surface area contributed by atoms with E-state index in [0.29, 0.717) is 52.6 Å². The van der Waals surface area contributed by atoms with Crippen LogP contribution >= 0.6 is 0 Å². The number of amides is 1. The van der Waals surface area contributed by atoms with Gasteiger partial charge in [-0.1, -0.05) is 38.4 Å². The summed E-state index contributed by atoms with van der Waals surface area (Å²) >= 11 is 0. The van der Waals surface area contributed by atoms with Crippen LogP contribution in [0.5, 0.6) is 5.75 Å². The van der Waals surface area contributed by atoms with Gasteiger partial charge in [0.2, 0.25) is 11.7 Å². The third-order valence-corrected chi connectivity index (χ3v) is 5.20. The predicted octanol–water partition coefficient (Wildman–Crippen LogP) is 5.22. The number of benzene rings is 1. The maximum atomic E-state index is 13.6. The van der Waals surface area contributed by atoms with E-state index in [0.717, 1.165) is 12.8 Å². The molecule has 0 aliphatic carbocycles. The molecule has 0 spiro atoms. The molecule has 1 aromatic carbocycles. The van der Waals surface area contributed by atoms with Crippen LogP contribution in [0.1, 0.15) is 66.0 Å². The molecule has 0 atom stereocenters. The summed E-state index contributed by atoms with van der Waals surface area (Å²) in [4.78, 5) is 30.4. The topological polar surface area (TPSA) is 108 Å². The van der Waals surface area contributed by atoms with E-state index >= 15 is 0 Å². The summed E-state index contributed by atoms with van der Waals surface area (Å²) in [5.74, 6) is 1.65. The largest absolute Gasteiger partial charge is 0.491 e. The second kappa shape index (κ2) is 10.9. The van der Waals surface area contributed by atoms with E-state index in [1.807, 2.05) is 26.0 Å². The predicted molar refractivity (Wildman–Crippen MR) is 135 cm³/mol. The molecule has 0 fully saturated rings. The van der Waals surface area contributed by atoms with Crippen LogP contribution in [-0.2, 0) is 17.8 Å². The first-order valence-electron chi connectivity index (χ1n) is 12.1. The van der Waals surface area contributed by atoms with E-state index in [9.17, 15) is 9.59 Å². The Bertz CT molecular complexity index is 1240. The third kappa shape index (κ3) is 6.61. The monoisotopic (exact) mass is 484 g/mol. The van der Waals surface area contributed by atoms with Crippen molar-refractivity contribution in [2.24, 2.45) is 5.92 Å². The van der Waals surface area contributed by atoms with Gasteiger partial charge in [0.05, 0.1) is 24.2 Å². The molecule has 3 rings (SSSR count). The van der Waals surface area contributed by atoms with Crippen LogP contribution < -0.4 is 15.6 Å². The molecule has 0 radical (unpaired) electrons. The van der Waals surface area contributed by atoms with Gasteiger partial charge in [-0.05, 0) is 45.2 Å². The highest BCUT2D eigenvalue weighted by Gasteiger charge is 2.22. The van der Waals surface area contributed by atoms with Crippen molar-refractivity contribution in [1.82, 2.24) is 20.0 Å². The second-order valence-corrected chi connectivity index (χ2v) is 10.0. The zero-order valence-electron chi connectivity index (χ0n) is 21.7. The number of aromatic nitrogens is 3. The minimum Gasteiger partial charge on any atom is -0.491 e. The lowest BCUT2D eigenvalue weighted by Gasteiger charge is -2.23. The Morgan fingerprint density at radius 2 is 1.97 bits per heavy atom. The van der Waals surface area contributed by atoms with Crippen molar-refractivity contribution in [1.29, 1.82) is 0 Å². The van der Waals surface area contributed by atoms with E-state index in [1.165, 1.54) is 0 Å². The van der Waals surface area contributed by atoms with E-state index in [1.54, 1.807) is 38.3 Å². The quantitative estimate of drug-likeness (QED) is 0.415. The van der Waals surface area contributed by atoms with Crippen LogP contribution in [0.15, 0.2) is 27.5 Å². The zero-order valence-corrected chi connectivity index (χ0v) is 21.7. The molecule has 0 aliphatic heterocycles. The Morgan fingerprint density at radius 1 is 1.23 bits per heavy atom. The van der Waals surface area contributed by atoms with Crippen molar-refractivity contribution < 1.29 is 18.8 Å². The minimum atomic E-state index is -0.636. The van der Waals surface area contributed by atoms with Gasteiger partial charge in [0.25, 0.3) is 5.56 Å². The van der Waals surface area contributed by atoms with Crippen molar-refractivity contribution in [3.05, 3.63) is 40.1 Å².